The van der Waals surface area contributed by atoms with Crippen molar-refractivity contribution in [2.75, 3.05) is 46.6 Å². The second-order valence-corrected chi connectivity index (χ2v) is 6.39. The zero-order valence-electron chi connectivity index (χ0n) is 14.4. The van der Waals surface area contributed by atoms with Crippen LogP contribution in [0.25, 0.3) is 0 Å². The van der Waals surface area contributed by atoms with E-state index in [1.807, 2.05) is 0 Å². The highest BCUT2D eigenvalue weighted by Crippen LogP contribution is 2.34. The van der Waals surface area contributed by atoms with Crippen molar-refractivity contribution in [3.05, 3.63) is 11.9 Å². The first-order valence-corrected chi connectivity index (χ1v) is 8.54. The fourth-order valence-electron chi connectivity index (χ4n) is 3.48. The number of methoxy groups -OCH3 is 1. The van der Waals surface area contributed by atoms with Crippen LogP contribution in [-0.2, 0) is 18.9 Å². The van der Waals surface area contributed by atoms with Gasteiger partial charge in [0.2, 0.25) is 0 Å². The maximum Gasteiger partial charge on any atom is 0.360 e. The molecule has 0 unspecified atom stereocenters. The first-order chi connectivity index (χ1) is 12.7. The molecule has 3 fully saturated rings. The topological polar surface area (TPSA) is 117 Å². The SMILES string of the molecule is COC(=O)c1cn([C@H]2CO[C@H]3[C@@H]2OC[C@@H]3NC(=O)N2CCOCC2)nn1. The molecule has 11 heteroatoms. The molecule has 1 aromatic rings. The van der Waals surface area contributed by atoms with Crippen LogP contribution in [0.1, 0.15) is 16.5 Å². The van der Waals surface area contributed by atoms with Crippen LogP contribution in [0.3, 0.4) is 0 Å². The Morgan fingerprint density at radius 3 is 2.77 bits per heavy atom. The van der Waals surface area contributed by atoms with Gasteiger partial charge in [-0.15, -0.1) is 5.10 Å². The third-order valence-electron chi connectivity index (χ3n) is 4.88. The molecule has 0 aliphatic carbocycles. The lowest BCUT2D eigenvalue weighted by molar-refractivity contribution is 0.0485. The van der Waals surface area contributed by atoms with Gasteiger partial charge in [0.1, 0.15) is 18.2 Å². The number of hydrogen-bond acceptors (Lipinski definition) is 8. The highest BCUT2D eigenvalue weighted by Gasteiger charge is 2.49. The third kappa shape index (κ3) is 3.13. The van der Waals surface area contributed by atoms with E-state index in [1.165, 1.54) is 13.3 Å². The smallest absolute Gasteiger partial charge is 0.360 e. The monoisotopic (exact) mass is 367 g/mol. The number of carbonyl (C=O) groups is 2. The standard InChI is InChI=1S/C15H21N5O6/c1-23-14(21)9-6-20(18-17-9)11-8-26-12-10(7-25-13(11)12)16-15(22)19-2-4-24-5-3-19/h6,10-13H,2-5,7-8H2,1H3,(H,16,22)/t10-,11-,12+,13+/m0/s1. The van der Waals surface area contributed by atoms with Gasteiger partial charge in [0.25, 0.3) is 0 Å². The summed E-state index contributed by atoms with van der Waals surface area (Å²) in [6.45, 7) is 2.98. The number of carbonyl (C=O) groups excluding carboxylic acids is 2. The number of nitrogens with zero attached hydrogens (tertiary/aromatic N) is 4. The Labute approximate surface area is 149 Å². The molecular formula is C15H21N5O6. The van der Waals surface area contributed by atoms with Crippen molar-refractivity contribution in [1.29, 1.82) is 0 Å². The van der Waals surface area contributed by atoms with Gasteiger partial charge in [0.05, 0.1) is 45.8 Å². The van der Waals surface area contributed by atoms with Crippen LogP contribution in [0.2, 0.25) is 0 Å². The summed E-state index contributed by atoms with van der Waals surface area (Å²) in [5, 5.41) is 10.8. The number of nitrogens with one attached hydrogen (secondary N) is 1. The summed E-state index contributed by atoms with van der Waals surface area (Å²) in [7, 11) is 1.29. The normalized spacial score (nSPS) is 30.9. The van der Waals surface area contributed by atoms with E-state index in [2.05, 4.69) is 20.4 Å². The van der Waals surface area contributed by atoms with Crippen molar-refractivity contribution in [3.8, 4) is 0 Å². The molecule has 1 aromatic heterocycles. The molecular weight excluding hydrogens is 346 g/mol. The van der Waals surface area contributed by atoms with E-state index >= 15 is 0 Å². The second kappa shape index (κ2) is 7.17. The summed E-state index contributed by atoms with van der Waals surface area (Å²) in [4.78, 5) is 25.6. The van der Waals surface area contributed by atoms with E-state index in [9.17, 15) is 9.59 Å². The van der Waals surface area contributed by atoms with Crippen LogP contribution in [-0.4, -0.2) is 96.8 Å². The summed E-state index contributed by atoms with van der Waals surface area (Å²) in [5.74, 6) is -0.547. The van der Waals surface area contributed by atoms with Gasteiger partial charge in [-0.05, 0) is 0 Å². The number of hydrogen-bond donors (Lipinski definition) is 1. The molecule has 4 rings (SSSR count). The molecule has 11 nitrogen and oxygen atoms in total. The van der Waals surface area contributed by atoms with E-state index < -0.39 is 5.97 Å². The molecule has 4 heterocycles. The fraction of sp³-hybridized carbons (Fsp3) is 0.733. The number of esters is 1. The first kappa shape index (κ1) is 17.2. The molecule has 0 radical (unpaired) electrons. The Morgan fingerprint density at radius 1 is 1.23 bits per heavy atom. The Bertz CT molecular complexity index is 675. The van der Waals surface area contributed by atoms with Gasteiger partial charge in [-0.1, -0.05) is 5.21 Å². The van der Waals surface area contributed by atoms with Crippen molar-refractivity contribution in [1.82, 2.24) is 25.2 Å². The zero-order chi connectivity index (χ0) is 18.1. The quantitative estimate of drug-likeness (QED) is 0.663. The highest BCUT2D eigenvalue weighted by molar-refractivity contribution is 5.86. The van der Waals surface area contributed by atoms with Crippen LogP contribution in [0.4, 0.5) is 4.79 Å². The number of aromatic nitrogens is 3. The molecule has 4 atom stereocenters. The molecule has 142 valence electrons. The Morgan fingerprint density at radius 2 is 2.00 bits per heavy atom. The Hall–Kier alpha value is -2.24. The second-order valence-electron chi connectivity index (χ2n) is 6.39. The lowest BCUT2D eigenvalue weighted by atomic mass is 10.1. The number of rotatable bonds is 3. The predicted octanol–water partition coefficient (Wildman–Crippen LogP) is -1.19. The Balaban J connectivity index is 1.38. The lowest BCUT2D eigenvalue weighted by Gasteiger charge is -2.29. The zero-order valence-corrected chi connectivity index (χ0v) is 14.4. The molecule has 0 aromatic carbocycles. The van der Waals surface area contributed by atoms with E-state index in [0.717, 1.165) is 0 Å². The average Bonchev–Trinajstić information content (AvgIpc) is 3.39. The van der Waals surface area contributed by atoms with Crippen molar-refractivity contribution in [2.24, 2.45) is 0 Å². The van der Waals surface area contributed by atoms with Crippen molar-refractivity contribution in [2.45, 2.75) is 24.3 Å². The number of morpholine rings is 1. The number of amides is 2. The van der Waals surface area contributed by atoms with Crippen LogP contribution in [0.5, 0.6) is 0 Å². The van der Waals surface area contributed by atoms with E-state index in [4.69, 9.17) is 14.2 Å². The van der Waals surface area contributed by atoms with Crippen LogP contribution >= 0.6 is 0 Å². The van der Waals surface area contributed by atoms with Crippen LogP contribution < -0.4 is 5.32 Å². The molecule has 3 aliphatic rings. The maximum absolute atomic E-state index is 12.4. The van der Waals surface area contributed by atoms with Gasteiger partial charge >= 0.3 is 12.0 Å². The van der Waals surface area contributed by atoms with Gasteiger partial charge in [-0.2, -0.15) is 0 Å². The molecule has 3 saturated heterocycles. The third-order valence-corrected chi connectivity index (χ3v) is 4.88. The maximum atomic E-state index is 12.4. The molecule has 0 saturated carbocycles. The van der Waals surface area contributed by atoms with Crippen LogP contribution in [0, 0.1) is 0 Å². The summed E-state index contributed by atoms with van der Waals surface area (Å²) in [6, 6.07) is -0.580. The van der Waals surface area contributed by atoms with E-state index in [-0.39, 0.29) is 36.0 Å². The minimum absolute atomic E-state index is 0.131. The molecule has 26 heavy (non-hydrogen) atoms. The molecule has 2 amide bonds. The summed E-state index contributed by atoms with van der Waals surface area (Å²) in [5.41, 5.74) is 0.131. The van der Waals surface area contributed by atoms with Gasteiger partial charge in [-0.25, -0.2) is 14.3 Å². The van der Waals surface area contributed by atoms with Gasteiger partial charge in [-0.3, -0.25) is 0 Å². The highest BCUT2D eigenvalue weighted by atomic mass is 16.6. The summed E-state index contributed by atoms with van der Waals surface area (Å²) in [6.07, 6.45) is 0.985. The van der Waals surface area contributed by atoms with Gasteiger partial charge < -0.3 is 29.2 Å². The van der Waals surface area contributed by atoms with Crippen molar-refractivity contribution in [3.63, 3.8) is 0 Å². The van der Waals surface area contributed by atoms with Gasteiger partial charge in [0, 0.05) is 13.1 Å². The number of urea groups is 1. The van der Waals surface area contributed by atoms with Crippen molar-refractivity contribution < 1.29 is 28.5 Å². The predicted molar refractivity (Wildman–Crippen MR) is 84.6 cm³/mol. The van der Waals surface area contributed by atoms with Crippen molar-refractivity contribution >= 4 is 12.0 Å². The number of fused-ring (bicyclic) bond motifs is 1. The Kier molecular flexibility index (Phi) is 4.74. The summed E-state index contributed by atoms with van der Waals surface area (Å²) >= 11 is 0. The average molecular weight is 367 g/mol. The minimum Gasteiger partial charge on any atom is -0.464 e. The van der Waals surface area contributed by atoms with Gasteiger partial charge in [0.15, 0.2) is 5.69 Å². The van der Waals surface area contributed by atoms with Crippen LogP contribution in [0.15, 0.2) is 6.20 Å². The summed E-state index contributed by atoms with van der Waals surface area (Å²) < 4.78 is 23.2. The fourth-order valence-corrected chi connectivity index (χ4v) is 3.48. The van der Waals surface area contributed by atoms with E-state index in [0.29, 0.717) is 39.5 Å². The molecule has 3 aliphatic heterocycles. The molecule has 0 bridgehead atoms. The lowest BCUT2D eigenvalue weighted by Crippen LogP contribution is -2.52. The molecule has 1 N–H and O–H groups in total. The number of ether oxygens (including phenoxy) is 4. The van der Waals surface area contributed by atoms with E-state index in [1.54, 1.807) is 9.58 Å². The first-order valence-electron chi connectivity index (χ1n) is 8.54. The largest absolute Gasteiger partial charge is 0.464 e. The minimum atomic E-state index is -0.547. The molecule has 0 spiro atoms.